The molecular formula is C13H24N2O3. The molecule has 0 aromatic rings. The molecular weight excluding hydrogens is 232 g/mol. The maximum Gasteiger partial charge on any atom is 0.309 e. The first-order chi connectivity index (χ1) is 8.31. The van der Waals surface area contributed by atoms with Gasteiger partial charge < -0.3 is 15.7 Å². The molecule has 0 spiro atoms. The van der Waals surface area contributed by atoms with Crippen molar-refractivity contribution in [3.63, 3.8) is 0 Å². The van der Waals surface area contributed by atoms with Crippen LogP contribution < -0.4 is 5.73 Å². The molecule has 1 aliphatic rings. The van der Waals surface area contributed by atoms with Crippen molar-refractivity contribution < 1.29 is 14.7 Å². The van der Waals surface area contributed by atoms with Gasteiger partial charge in [-0.05, 0) is 25.7 Å². The molecule has 18 heavy (non-hydrogen) atoms. The highest BCUT2D eigenvalue weighted by Gasteiger charge is 2.39. The van der Waals surface area contributed by atoms with E-state index >= 15 is 0 Å². The average molecular weight is 256 g/mol. The third-order valence-electron chi connectivity index (χ3n) is 4.24. The minimum Gasteiger partial charge on any atom is -0.481 e. The van der Waals surface area contributed by atoms with Gasteiger partial charge >= 0.3 is 5.97 Å². The van der Waals surface area contributed by atoms with Gasteiger partial charge in [0, 0.05) is 13.1 Å². The summed E-state index contributed by atoms with van der Waals surface area (Å²) >= 11 is 0. The van der Waals surface area contributed by atoms with Crippen molar-refractivity contribution in [3.05, 3.63) is 0 Å². The number of likely N-dealkylation sites (tertiary alicyclic amines) is 1. The van der Waals surface area contributed by atoms with Crippen molar-refractivity contribution in [2.45, 2.75) is 46.1 Å². The lowest BCUT2D eigenvalue weighted by molar-refractivity contribution is -0.153. The van der Waals surface area contributed by atoms with Crippen molar-refractivity contribution in [3.8, 4) is 0 Å². The summed E-state index contributed by atoms with van der Waals surface area (Å²) in [7, 11) is 0. The topological polar surface area (TPSA) is 83.6 Å². The van der Waals surface area contributed by atoms with Gasteiger partial charge in [0.2, 0.25) is 5.91 Å². The normalized spacial score (nSPS) is 22.3. The number of carboxylic acids is 1. The Balaban J connectivity index is 2.58. The zero-order chi connectivity index (χ0) is 13.9. The van der Waals surface area contributed by atoms with Crippen LogP contribution >= 0.6 is 0 Å². The summed E-state index contributed by atoms with van der Waals surface area (Å²) < 4.78 is 0. The van der Waals surface area contributed by atoms with Gasteiger partial charge in [0.25, 0.3) is 0 Å². The molecule has 0 saturated carbocycles. The lowest BCUT2D eigenvalue weighted by Crippen LogP contribution is -2.52. The number of rotatable bonds is 4. The fourth-order valence-corrected chi connectivity index (χ4v) is 2.14. The number of piperidine rings is 1. The lowest BCUT2D eigenvalue weighted by Gasteiger charge is -2.38. The summed E-state index contributed by atoms with van der Waals surface area (Å²) in [6.07, 6.45) is 1.87. The molecule has 0 aliphatic carbocycles. The highest BCUT2D eigenvalue weighted by molar-refractivity contribution is 5.82. The van der Waals surface area contributed by atoms with E-state index in [4.69, 9.17) is 10.8 Å². The van der Waals surface area contributed by atoms with E-state index < -0.39 is 17.4 Å². The van der Waals surface area contributed by atoms with E-state index in [-0.39, 0.29) is 11.8 Å². The fraction of sp³-hybridized carbons (Fsp3) is 0.846. The van der Waals surface area contributed by atoms with Gasteiger partial charge in [-0.15, -0.1) is 0 Å². The molecule has 0 aromatic heterocycles. The van der Waals surface area contributed by atoms with E-state index in [1.54, 1.807) is 11.8 Å². The second-order valence-electron chi connectivity index (χ2n) is 5.60. The second kappa shape index (κ2) is 5.69. The number of carboxylic acid groups (broad SMARTS) is 1. The van der Waals surface area contributed by atoms with Crippen LogP contribution in [0, 0.1) is 11.3 Å². The molecule has 2 unspecified atom stereocenters. The zero-order valence-corrected chi connectivity index (χ0v) is 11.5. The van der Waals surface area contributed by atoms with Gasteiger partial charge in [-0.2, -0.15) is 0 Å². The van der Waals surface area contributed by atoms with Gasteiger partial charge in [0.15, 0.2) is 0 Å². The summed E-state index contributed by atoms with van der Waals surface area (Å²) in [5, 5.41) is 9.13. The van der Waals surface area contributed by atoms with Crippen molar-refractivity contribution in [2.75, 3.05) is 13.1 Å². The Labute approximate surface area is 108 Å². The molecule has 1 amide bonds. The van der Waals surface area contributed by atoms with Crippen molar-refractivity contribution in [2.24, 2.45) is 17.1 Å². The van der Waals surface area contributed by atoms with Crippen LogP contribution in [0.3, 0.4) is 0 Å². The predicted molar refractivity (Wildman–Crippen MR) is 69.0 cm³/mol. The van der Waals surface area contributed by atoms with E-state index in [2.05, 4.69) is 0 Å². The molecule has 0 radical (unpaired) electrons. The molecule has 2 atom stereocenters. The largest absolute Gasteiger partial charge is 0.481 e. The molecule has 104 valence electrons. The Bertz CT molecular complexity index is 322. The van der Waals surface area contributed by atoms with E-state index in [1.807, 2.05) is 13.8 Å². The van der Waals surface area contributed by atoms with E-state index in [9.17, 15) is 9.59 Å². The summed E-state index contributed by atoms with van der Waals surface area (Å²) in [4.78, 5) is 25.0. The summed E-state index contributed by atoms with van der Waals surface area (Å²) in [6, 6.07) is -0.468. The molecule has 1 rings (SSSR count). The molecule has 1 saturated heterocycles. The number of hydrogen-bond acceptors (Lipinski definition) is 3. The minimum absolute atomic E-state index is 0.0446. The van der Waals surface area contributed by atoms with E-state index in [0.717, 1.165) is 6.42 Å². The number of hydrogen-bond donors (Lipinski definition) is 2. The molecule has 1 fully saturated rings. The SMILES string of the molecule is CCC(C)C(N)C(=O)N1CCC(C)(C(=O)O)CC1. The van der Waals surface area contributed by atoms with Crippen molar-refractivity contribution >= 4 is 11.9 Å². The third kappa shape index (κ3) is 3.02. The summed E-state index contributed by atoms with van der Waals surface area (Å²) in [5.41, 5.74) is 5.22. The standard InChI is InChI=1S/C13H24N2O3/c1-4-9(2)10(14)11(16)15-7-5-13(3,6-8-15)12(17)18/h9-10H,4-8,14H2,1-3H3,(H,17,18). The number of nitrogens with two attached hydrogens (primary N) is 1. The molecule has 5 heteroatoms. The molecule has 1 aliphatic heterocycles. The van der Waals surface area contributed by atoms with Crippen molar-refractivity contribution in [1.82, 2.24) is 4.90 Å². The third-order valence-corrected chi connectivity index (χ3v) is 4.24. The molecule has 0 bridgehead atoms. The Morgan fingerprint density at radius 3 is 2.28 bits per heavy atom. The zero-order valence-electron chi connectivity index (χ0n) is 11.5. The van der Waals surface area contributed by atoms with Gasteiger partial charge in [-0.25, -0.2) is 0 Å². The lowest BCUT2D eigenvalue weighted by atomic mass is 9.80. The first kappa shape index (κ1) is 15.0. The number of carbonyl (C=O) groups is 2. The maximum absolute atomic E-state index is 12.1. The second-order valence-corrected chi connectivity index (χ2v) is 5.60. The smallest absolute Gasteiger partial charge is 0.309 e. The molecule has 0 aromatic carbocycles. The van der Waals surface area contributed by atoms with Gasteiger partial charge in [0.1, 0.15) is 0 Å². The maximum atomic E-state index is 12.1. The number of nitrogens with zero attached hydrogens (tertiary/aromatic N) is 1. The number of aliphatic carboxylic acids is 1. The molecule has 5 nitrogen and oxygen atoms in total. The first-order valence-electron chi connectivity index (χ1n) is 6.59. The summed E-state index contributed by atoms with van der Waals surface area (Å²) in [6.45, 7) is 6.70. The predicted octanol–water partition coefficient (Wildman–Crippen LogP) is 1.07. The Morgan fingerprint density at radius 1 is 1.39 bits per heavy atom. The monoisotopic (exact) mass is 256 g/mol. The van der Waals surface area contributed by atoms with Gasteiger partial charge in [0.05, 0.1) is 11.5 Å². The highest BCUT2D eigenvalue weighted by Crippen LogP contribution is 2.31. The van der Waals surface area contributed by atoms with E-state index in [1.165, 1.54) is 0 Å². The Kier molecular flexibility index (Phi) is 4.73. The number of carbonyl (C=O) groups excluding carboxylic acids is 1. The highest BCUT2D eigenvalue weighted by atomic mass is 16.4. The van der Waals surface area contributed by atoms with Crippen LogP contribution in [0.5, 0.6) is 0 Å². The van der Waals surface area contributed by atoms with Crippen LogP contribution in [0.25, 0.3) is 0 Å². The number of amides is 1. The van der Waals surface area contributed by atoms with Crippen LogP contribution in [0.1, 0.15) is 40.0 Å². The van der Waals surface area contributed by atoms with Crippen molar-refractivity contribution in [1.29, 1.82) is 0 Å². The van der Waals surface area contributed by atoms with Crippen LogP contribution in [-0.2, 0) is 9.59 Å². The molecule has 3 N–H and O–H groups in total. The van der Waals surface area contributed by atoms with Crippen LogP contribution in [0.2, 0.25) is 0 Å². The van der Waals surface area contributed by atoms with Crippen LogP contribution in [0.15, 0.2) is 0 Å². The minimum atomic E-state index is -0.777. The first-order valence-corrected chi connectivity index (χ1v) is 6.59. The quantitative estimate of drug-likeness (QED) is 0.788. The Morgan fingerprint density at radius 2 is 1.89 bits per heavy atom. The average Bonchev–Trinajstić information content (AvgIpc) is 2.36. The van der Waals surface area contributed by atoms with Gasteiger partial charge in [-0.1, -0.05) is 20.3 Å². The summed E-state index contributed by atoms with van der Waals surface area (Å²) in [5.74, 6) is -0.664. The van der Waals surface area contributed by atoms with Gasteiger partial charge in [-0.3, -0.25) is 9.59 Å². The molecule has 1 heterocycles. The Hall–Kier alpha value is -1.10. The van der Waals surface area contributed by atoms with Crippen LogP contribution in [0.4, 0.5) is 0 Å². The van der Waals surface area contributed by atoms with E-state index in [0.29, 0.717) is 25.9 Å². The van der Waals surface area contributed by atoms with Crippen LogP contribution in [-0.4, -0.2) is 41.0 Å². The fourth-order valence-electron chi connectivity index (χ4n) is 2.14.